The standard InChI is InChI=1S/C9H13N3O2/c1-6(2)8(9(13)14)12-7-3-10-5-11-4-7/h3-6,8,12H,1-2H3,(H,13,14). The summed E-state index contributed by atoms with van der Waals surface area (Å²) in [6.45, 7) is 3.69. The summed E-state index contributed by atoms with van der Waals surface area (Å²) in [6, 6.07) is -0.610. The lowest BCUT2D eigenvalue weighted by Crippen LogP contribution is -2.34. The predicted octanol–water partition coefficient (Wildman–Crippen LogP) is 0.998. The number of rotatable bonds is 4. The Morgan fingerprint density at radius 1 is 1.43 bits per heavy atom. The second-order valence-electron chi connectivity index (χ2n) is 3.33. The minimum absolute atomic E-state index is 0.00714. The highest BCUT2D eigenvalue weighted by atomic mass is 16.4. The Hall–Kier alpha value is -1.65. The molecule has 5 nitrogen and oxygen atoms in total. The third kappa shape index (κ3) is 2.69. The van der Waals surface area contributed by atoms with Gasteiger partial charge in [-0.25, -0.2) is 14.8 Å². The van der Waals surface area contributed by atoms with Crippen LogP contribution in [0.2, 0.25) is 0 Å². The van der Waals surface area contributed by atoms with E-state index < -0.39 is 12.0 Å². The summed E-state index contributed by atoms with van der Waals surface area (Å²) >= 11 is 0. The maximum absolute atomic E-state index is 10.8. The topological polar surface area (TPSA) is 75.1 Å². The number of nitrogens with zero attached hydrogens (tertiary/aromatic N) is 2. The molecule has 0 spiro atoms. The van der Waals surface area contributed by atoms with Gasteiger partial charge in [0.1, 0.15) is 12.4 Å². The molecule has 0 aliphatic heterocycles. The van der Waals surface area contributed by atoms with Gasteiger partial charge in [0.05, 0.1) is 18.1 Å². The molecule has 1 aromatic heterocycles. The van der Waals surface area contributed by atoms with Crippen LogP contribution < -0.4 is 5.32 Å². The Morgan fingerprint density at radius 3 is 2.43 bits per heavy atom. The van der Waals surface area contributed by atoms with Crippen molar-refractivity contribution in [3.8, 4) is 0 Å². The third-order valence-electron chi connectivity index (χ3n) is 1.82. The Labute approximate surface area is 82.2 Å². The van der Waals surface area contributed by atoms with Gasteiger partial charge < -0.3 is 10.4 Å². The highest BCUT2D eigenvalue weighted by Gasteiger charge is 2.20. The molecule has 1 aromatic rings. The number of anilines is 1. The molecule has 0 radical (unpaired) electrons. The highest BCUT2D eigenvalue weighted by molar-refractivity contribution is 5.77. The molecule has 0 fully saturated rings. The monoisotopic (exact) mass is 195 g/mol. The molecule has 0 amide bonds. The van der Waals surface area contributed by atoms with E-state index in [1.165, 1.54) is 6.33 Å². The van der Waals surface area contributed by atoms with E-state index in [1.54, 1.807) is 12.4 Å². The lowest BCUT2D eigenvalue weighted by molar-refractivity contribution is -0.138. The van der Waals surface area contributed by atoms with Crippen molar-refractivity contribution in [2.24, 2.45) is 5.92 Å². The van der Waals surface area contributed by atoms with Crippen molar-refractivity contribution in [2.75, 3.05) is 5.32 Å². The lowest BCUT2D eigenvalue weighted by atomic mass is 10.0. The first-order valence-corrected chi connectivity index (χ1v) is 4.35. The molecule has 1 unspecified atom stereocenters. The Morgan fingerprint density at radius 2 is 2.00 bits per heavy atom. The average Bonchev–Trinajstić information content (AvgIpc) is 2.15. The Balaban J connectivity index is 2.70. The molecule has 0 saturated heterocycles. The fraction of sp³-hybridized carbons (Fsp3) is 0.444. The Kier molecular flexibility index (Phi) is 3.39. The fourth-order valence-corrected chi connectivity index (χ4v) is 1.07. The summed E-state index contributed by atoms with van der Waals surface area (Å²) in [5.74, 6) is -0.864. The Bertz CT molecular complexity index is 300. The molecular formula is C9H13N3O2. The zero-order valence-corrected chi connectivity index (χ0v) is 8.14. The van der Waals surface area contributed by atoms with Crippen LogP contribution in [-0.4, -0.2) is 27.1 Å². The van der Waals surface area contributed by atoms with Crippen LogP contribution in [0.25, 0.3) is 0 Å². The number of hydrogen-bond acceptors (Lipinski definition) is 4. The van der Waals surface area contributed by atoms with Gasteiger partial charge in [0.15, 0.2) is 0 Å². The molecule has 1 atom stereocenters. The lowest BCUT2D eigenvalue weighted by Gasteiger charge is -2.18. The van der Waals surface area contributed by atoms with Gasteiger partial charge in [-0.1, -0.05) is 13.8 Å². The number of carbonyl (C=O) groups is 1. The van der Waals surface area contributed by atoms with Crippen LogP contribution >= 0.6 is 0 Å². The number of aliphatic carboxylic acids is 1. The highest BCUT2D eigenvalue weighted by Crippen LogP contribution is 2.10. The second kappa shape index (κ2) is 4.55. The number of hydrogen-bond donors (Lipinski definition) is 2. The first-order chi connectivity index (χ1) is 6.61. The molecule has 1 rings (SSSR count). The smallest absolute Gasteiger partial charge is 0.326 e. The maximum Gasteiger partial charge on any atom is 0.326 e. The van der Waals surface area contributed by atoms with Gasteiger partial charge in [-0.2, -0.15) is 0 Å². The van der Waals surface area contributed by atoms with Crippen LogP contribution in [0.3, 0.4) is 0 Å². The van der Waals surface area contributed by atoms with Crippen LogP contribution in [0.1, 0.15) is 13.8 Å². The van der Waals surface area contributed by atoms with E-state index in [1.807, 2.05) is 13.8 Å². The van der Waals surface area contributed by atoms with E-state index in [0.29, 0.717) is 5.69 Å². The number of carboxylic acids is 1. The molecule has 5 heteroatoms. The molecule has 0 saturated carbocycles. The first-order valence-electron chi connectivity index (χ1n) is 4.35. The van der Waals surface area contributed by atoms with Gasteiger partial charge in [0.25, 0.3) is 0 Å². The zero-order valence-electron chi connectivity index (χ0n) is 8.14. The fourth-order valence-electron chi connectivity index (χ4n) is 1.07. The van der Waals surface area contributed by atoms with Crippen LogP contribution in [0, 0.1) is 5.92 Å². The number of carboxylic acid groups (broad SMARTS) is 1. The molecule has 76 valence electrons. The van der Waals surface area contributed by atoms with Gasteiger partial charge in [-0.15, -0.1) is 0 Å². The number of aromatic nitrogens is 2. The van der Waals surface area contributed by atoms with Gasteiger partial charge in [0, 0.05) is 0 Å². The van der Waals surface area contributed by atoms with E-state index in [2.05, 4.69) is 15.3 Å². The van der Waals surface area contributed by atoms with Crippen molar-refractivity contribution in [3.05, 3.63) is 18.7 Å². The number of nitrogens with one attached hydrogen (secondary N) is 1. The molecule has 0 aliphatic rings. The van der Waals surface area contributed by atoms with Crippen molar-refractivity contribution in [2.45, 2.75) is 19.9 Å². The average molecular weight is 195 g/mol. The molecular weight excluding hydrogens is 182 g/mol. The third-order valence-corrected chi connectivity index (χ3v) is 1.82. The maximum atomic E-state index is 10.8. The predicted molar refractivity (Wildman–Crippen MR) is 51.9 cm³/mol. The van der Waals surface area contributed by atoms with Crippen molar-refractivity contribution in [3.63, 3.8) is 0 Å². The summed E-state index contributed by atoms with van der Waals surface area (Å²) < 4.78 is 0. The van der Waals surface area contributed by atoms with E-state index in [0.717, 1.165) is 0 Å². The SMILES string of the molecule is CC(C)C(Nc1cncnc1)C(=O)O. The molecule has 0 bridgehead atoms. The summed E-state index contributed by atoms with van der Waals surface area (Å²) in [6.07, 6.45) is 4.49. The van der Waals surface area contributed by atoms with Crippen molar-refractivity contribution >= 4 is 11.7 Å². The van der Waals surface area contributed by atoms with Gasteiger partial charge in [-0.3, -0.25) is 0 Å². The van der Waals surface area contributed by atoms with Crippen LogP contribution in [0.15, 0.2) is 18.7 Å². The minimum Gasteiger partial charge on any atom is -0.480 e. The second-order valence-corrected chi connectivity index (χ2v) is 3.33. The minimum atomic E-state index is -0.871. The van der Waals surface area contributed by atoms with Crippen LogP contribution in [0.4, 0.5) is 5.69 Å². The summed E-state index contributed by atoms with van der Waals surface area (Å²) in [7, 11) is 0. The summed E-state index contributed by atoms with van der Waals surface area (Å²) in [4.78, 5) is 18.4. The van der Waals surface area contributed by atoms with E-state index >= 15 is 0 Å². The normalized spacial score (nSPS) is 12.5. The van der Waals surface area contributed by atoms with Crippen molar-refractivity contribution in [1.82, 2.24) is 9.97 Å². The molecule has 0 aromatic carbocycles. The largest absolute Gasteiger partial charge is 0.480 e. The van der Waals surface area contributed by atoms with E-state index in [9.17, 15) is 4.79 Å². The van der Waals surface area contributed by atoms with Gasteiger partial charge in [0.2, 0.25) is 0 Å². The molecule has 1 heterocycles. The first kappa shape index (κ1) is 10.4. The molecule has 14 heavy (non-hydrogen) atoms. The van der Waals surface area contributed by atoms with E-state index in [4.69, 9.17) is 5.11 Å². The van der Waals surface area contributed by atoms with Crippen molar-refractivity contribution in [1.29, 1.82) is 0 Å². The molecule has 0 aliphatic carbocycles. The van der Waals surface area contributed by atoms with Gasteiger partial charge in [-0.05, 0) is 5.92 Å². The van der Waals surface area contributed by atoms with E-state index in [-0.39, 0.29) is 5.92 Å². The van der Waals surface area contributed by atoms with Crippen LogP contribution in [0.5, 0.6) is 0 Å². The van der Waals surface area contributed by atoms with Crippen LogP contribution in [-0.2, 0) is 4.79 Å². The quantitative estimate of drug-likeness (QED) is 0.749. The summed E-state index contributed by atoms with van der Waals surface area (Å²) in [5.41, 5.74) is 0.619. The zero-order chi connectivity index (χ0) is 10.6. The molecule has 2 N–H and O–H groups in total. The summed E-state index contributed by atoms with van der Waals surface area (Å²) in [5, 5.41) is 11.8. The van der Waals surface area contributed by atoms with Crippen molar-refractivity contribution < 1.29 is 9.90 Å². The van der Waals surface area contributed by atoms with Gasteiger partial charge >= 0.3 is 5.97 Å².